The lowest BCUT2D eigenvalue weighted by Crippen LogP contribution is -2.08. The van der Waals surface area contributed by atoms with Crippen LogP contribution in [0.1, 0.15) is 24.1 Å². The van der Waals surface area contributed by atoms with Gasteiger partial charge in [0.2, 0.25) is 0 Å². The van der Waals surface area contributed by atoms with Crippen LogP contribution in [0.4, 0.5) is 11.4 Å². The van der Waals surface area contributed by atoms with E-state index in [-0.39, 0.29) is 16.9 Å². The van der Waals surface area contributed by atoms with E-state index in [0.29, 0.717) is 11.3 Å². The van der Waals surface area contributed by atoms with E-state index >= 15 is 0 Å². The van der Waals surface area contributed by atoms with Crippen molar-refractivity contribution in [3.8, 4) is 6.07 Å². The number of rotatable bonds is 4. The second-order valence-electron chi connectivity index (χ2n) is 4.38. The predicted molar refractivity (Wildman–Crippen MR) is 79.1 cm³/mol. The Kier molecular flexibility index (Phi) is 4.36. The molecule has 0 saturated heterocycles. The molecule has 0 fully saturated rings. The molecule has 0 radical (unpaired) electrons. The zero-order chi connectivity index (χ0) is 15.4. The lowest BCUT2D eigenvalue weighted by Gasteiger charge is -2.15. The highest BCUT2D eigenvalue weighted by Crippen LogP contribution is 2.29. The van der Waals surface area contributed by atoms with Crippen molar-refractivity contribution in [1.82, 2.24) is 4.98 Å². The second kappa shape index (κ2) is 6.20. The monoisotopic (exact) mass is 302 g/mol. The van der Waals surface area contributed by atoms with Gasteiger partial charge in [0.25, 0.3) is 0 Å². The number of nitrogens with zero attached hydrogens (tertiary/aromatic N) is 3. The minimum Gasteiger partial charge on any atom is -0.373 e. The number of aromatic nitrogens is 1. The summed E-state index contributed by atoms with van der Waals surface area (Å²) in [6.07, 6.45) is 1.12. The molecule has 7 heteroatoms. The van der Waals surface area contributed by atoms with Crippen LogP contribution in [0.5, 0.6) is 0 Å². The maximum Gasteiger partial charge on any atom is 0.310 e. The third kappa shape index (κ3) is 3.46. The van der Waals surface area contributed by atoms with Crippen LogP contribution >= 0.6 is 11.6 Å². The third-order valence-electron chi connectivity index (χ3n) is 2.96. The van der Waals surface area contributed by atoms with E-state index in [0.717, 1.165) is 11.8 Å². The molecule has 21 heavy (non-hydrogen) atoms. The summed E-state index contributed by atoms with van der Waals surface area (Å²) in [5.41, 5.74) is 1.62. The van der Waals surface area contributed by atoms with Crippen LogP contribution in [-0.2, 0) is 0 Å². The molecule has 0 aliphatic heterocycles. The van der Waals surface area contributed by atoms with Gasteiger partial charge >= 0.3 is 5.69 Å². The van der Waals surface area contributed by atoms with Gasteiger partial charge in [0.15, 0.2) is 0 Å². The molecule has 2 aromatic rings. The minimum absolute atomic E-state index is 0.139. The highest BCUT2D eigenvalue weighted by molar-refractivity contribution is 6.29. The van der Waals surface area contributed by atoms with Gasteiger partial charge in [-0.05, 0) is 24.6 Å². The van der Waals surface area contributed by atoms with E-state index in [1.165, 1.54) is 6.07 Å². The third-order valence-corrected chi connectivity index (χ3v) is 3.16. The molecule has 0 aliphatic carbocycles. The number of pyridine rings is 1. The van der Waals surface area contributed by atoms with E-state index < -0.39 is 4.92 Å². The van der Waals surface area contributed by atoms with Crippen molar-refractivity contribution in [3.05, 3.63) is 62.9 Å². The zero-order valence-corrected chi connectivity index (χ0v) is 11.8. The maximum atomic E-state index is 11.0. The van der Waals surface area contributed by atoms with Gasteiger partial charge in [-0.25, -0.2) is 4.98 Å². The molecule has 6 nitrogen and oxygen atoms in total. The molecule has 0 bridgehead atoms. The van der Waals surface area contributed by atoms with Gasteiger partial charge in [0.1, 0.15) is 17.0 Å². The summed E-state index contributed by atoms with van der Waals surface area (Å²) in [4.78, 5) is 14.2. The average Bonchev–Trinajstić information content (AvgIpc) is 2.47. The Hall–Kier alpha value is -2.65. The molecule has 0 spiro atoms. The molecule has 1 aromatic heterocycles. The molecule has 106 valence electrons. The van der Waals surface area contributed by atoms with Gasteiger partial charge in [-0.2, -0.15) is 5.26 Å². The van der Waals surface area contributed by atoms with Gasteiger partial charge < -0.3 is 5.32 Å². The van der Waals surface area contributed by atoms with Gasteiger partial charge in [0, 0.05) is 12.1 Å². The average molecular weight is 303 g/mol. The molecule has 1 atom stereocenters. The fourth-order valence-corrected chi connectivity index (χ4v) is 2.00. The molecule has 2 rings (SSSR count). The van der Waals surface area contributed by atoms with E-state index in [1.54, 1.807) is 24.3 Å². The van der Waals surface area contributed by atoms with Gasteiger partial charge in [-0.1, -0.05) is 23.7 Å². The minimum atomic E-state index is -0.517. The molecule has 1 N–H and O–H groups in total. The maximum absolute atomic E-state index is 11.0. The zero-order valence-electron chi connectivity index (χ0n) is 11.1. The summed E-state index contributed by atoms with van der Waals surface area (Å²) in [5.74, 6) is 0. The number of halogens is 1. The fraction of sp³-hybridized carbons (Fsp3) is 0.143. The quantitative estimate of drug-likeness (QED) is 0.528. The predicted octanol–water partition coefficient (Wildman–Crippen LogP) is 3.69. The molecular formula is C14H11ClN4O2. The Bertz CT molecular complexity index is 710. The highest BCUT2D eigenvalue weighted by atomic mass is 35.5. The van der Waals surface area contributed by atoms with Crippen molar-refractivity contribution in [2.75, 3.05) is 5.32 Å². The van der Waals surface area contributed by atoms with E-state index in [9.17, 15) is 10.1 Å². The summed E-state index contributed by atoms with van der Waals surface area (Å²) in [7, 11) is 0. The Labute approximate surface area is 126 Å². The topological polar surface area (TPSA) is 91.8 Å². The molecule has 0 saturated carbocycles. The number of nitrogens with one attached hydrogen (secondary N) is 1. The lowest BCUT2D eigenvalue weighted by atomic mass is 10.1. The first-order chi connectivity index (χ1) is 10.0. The Morgan fingerprint density at radius 2 is 2.10 bits per heavy atom. The largest absolute Gasteiger partial charge is 0.373 e. The SMILES string of the molecule is CC(Nc1cc(Cl)ncc1[N+](=O)[O-])c1ccc(C#N)cc1. The van der Waals surface area contributed by atoms with Crippen molar-refractivity contribution in [2.45, 2.75) is 13.0 Å². The van der Waals surface area contributed by atoms with Crippen molar-refractivity contribution in [1.29, 1.82) is 5.26 Å². The Balaban J connectivity index is 2.26. The smallest absolute Gasteiger partial charge is 0.310 e. The van der Waals surface area contributed by atoms with Crippen molar-refractivity contribution < 1.29 is 4.92 Å². The first-order valence-corrected chi connectivity index (χ1v) is 6.45. The normalized spacial score (nSPS) is 11.5. The highest BCUT2D eigenvalue weighted by Gasteiger charge is 2.17. The molecule has 0 amide bonds. The number of hydrogen-bond donors (Lipinski definition) is 1. The van der Waals surface area contributed by atoms with E-state index in [4.69, 9.17) is 16.9 Å². The van der Waals surface area contributed by atoms with Gasteiger partial charge in [0.05, 0.1) is 16.6 Å². The number of anilines is 1. The Morgan fingerprint density at radius 3 is 2.67 bits per heavy atom. The van der Waals surface area contributed by atoms with Crippen molar-refractivity contribution in [2.24, 2.45) is 0 Å². The molecule has 1 unspecified atom stereocenters. The van der Waals surface area contributed by atoms with Crippen LogP contribution in [0.2, 0.25) is 5.15 Å². The summed E-state index contributed by atoms with van der Waals surface area (Å²) in [6.45, 7) is 1.86. The van der Waals surface area contributed by atoms with Crippen molar-refractivity contribution in [3.63, 3.8) is 0 Å². The van der Waals surface area contributed by atoms with Crippen LogP contribution in [-0.4, -0.2) is 9.91 Å². The number of nitro groups is 1. The van der Waals surface area contributed by atoms with Gasteiger partial charge in [-0.3, -0.25) is 10.1 Å². The number of hydrogen-bond acceptors (Lipinski definition) is 5. The first kappa shape index (κ1) is 14.8. The van der Waals surface area contributed by atoms with Crippen LogP contribution in [0.15, 0.2) is 36.5 Å². The van der Waals surface area contributed by atoms with Crippen LogP contribution < -0.4 is 5.32 Å². The van der Waals surface area contributed by atoms with Crippen LogP contribution in [0, 0.1) is 21.4 Å². The van der Waals surface area contributed by atoms with Crippen LogP contribution in [0.3, 0.4) is 0 Å². The molecule has 0 aliphatic rings. The first-order valence-electron chi connectivity index (χ1n) is 6.08. The number of nitriles is 1. The second-order valence-corrected chi connectivity index (χ2v) is 4.77. The molecule has 1 aromatic carbocycles. The molecule has 1 heterocycles. The lowest BCUT2D eigenvalue weighted by molar-refractivity contribution is -0.384. The summed E-state index contributed by atoms with van der Waals surface area (Å²) < 4.78 is 0. The van der Waals surface area contributed by atoms with Crippen molar-refractivity contribution >= 4 is 23.0 Å². The Morgan fingerprint density at radius 1 is 1.43 bits per heavy atom. The van der Waals surface area contributed by atoms with Gasteiger partial charge in [-0.15, -0.1) is 0 Å². The molecular weight excluding hydrogens is 292 g/mol. The summed E-state index contributed by atoms with van der Waals surface area (Å²) >= 11 is 5.78. The van der Waals surface area contributed by atoms with Crippen LogP contribution in [0.25, 0.3) is 0 Å². The summed E-state index contributed by atoms with van der Waals surface area (Å²) in [6, 6.07) is 10.3. The summed E-state index contributed by atoms with van der Waals surface area (Å²) in [5, 5.41) is 23.0. The van der Waals surface area contributed by atoms with E-state index in [1.807, 2.05) is 13.0 Å². The standard InChI is InChI=1S/C14H11ClN4O2/c1-9(11-4-2-10(7-16)3-5-11)18-12-6-14(15)17-8-13(12)19(20)21/h2-6,8-9H,1H3,(H,17,18). The number of benzene rings is 1. The van der Waals surface area contributed by atoms with E-state index in [2.05, 4.69) is 10.3 Å². The fourth-order valence-electron chi connectivity index (χ4n) is 1.85.